The minimum Gasteiger partial charge on any atom is -0.309 e. The van der Waals surface area contributed by atoms with E-state index in [1.165, 1.54) is 0 Å². The van der Waals surface area contributed by atoms with Gasteiger partial charge >= 0.3 is 0 Å². The van der Waals surface area contributed by atoms with Crippen molar-refractivity contribution in [2.75, 3.05) is 25.0 Å². The monoisotopic (exact) mass is 326 g/mol. The molecule has 0 amide bonds. The van der Waals surface area contributed by atoms with Gasteiger partial charge in [0.25, 0.3) is 0 Å². The smallest absolute Gasteiger partial charge is 0.228 e. The average molecular weight is 326 g/mol. The van der Waals surface area contributed by atoms with E-state index in [1.807, 2.05) is 13.0 Å². The van der Waals surface area contributed by atoms with Crippen molar-refractivity contribution in [3.05, 3.63) is 36.0 Å². The maximum Gasteiger partial charge on any atom is 0.228 e. The fourth-order valence-electron chi connectivity index (χ4n) is 3.23. The van der Waals surface area contributed by atoms with Crippen molar-refractivity contribution in [3.63, 3.8) is 0 Å². The van der Waals surface area contributed by atoms with Crippen molar-refractivity contribution in [1.82, 2.24) is 24.8 Å². The van der Waals surface area contributed by atoms with Crippen LogP contribution < -0.4 is 5.32 Å². The Morgan fingerprint density at radius 3 is 2.67 bits per heavy atom. The summed E-state index contributed by atoms with van der Waals surface area (Å²) in [6.45, 7) is 12.1. The maximum atomic E-state index is 4.67. The summed E-state index contributed by atoms with van der Waals surface area (Å²) in [4.78, 5) is 20.1. The van der Waals surface area contributed by atoms with E-state index >= 15 is 0 Å². The molecule has 1 aliphatic heterocycles. The standard InChI is InChI=1S/C18H26N6/c1-13-21-15(14-6-9-24(11-14)12-18(2,3)4)10-16(22-13)23-17-19-7-5-8-20-17/h5,7-8,10,14H,6,9,11-12H2,1-4H3,(H,19,20,21,22,23)/t14-/m0/s1. The second-order valence-corrected chi connectivity index (χ2v) is 7.70. The number of nitrogens with zero attached hydrogens (tertiary/aromatic N) is 5. The third kappa shape index (κ3) is 4.47. The van der Waals surface area contributed by atoms with E-state index in [0.717, 1.165) is 43.4 Å². The van der Waals surface area contributed by atoms with E-state index in [2.05, 4.69) is 50.9 Å². The molecule has 0 aromatic carbocycles. The van der Waals surface area contributed by atoms with Crippen LogP contribution in [0, 0.1) is 12.3 Å². The number of aromatic nitrogens is 4. The summed E-state index contributed by atoms with van der Waals surface area (Å²) in [6.07, 6.45) is 4.57. The third-order valence-corrected chi connectivity index (χ3v) is 4.05. The van der Waals surface area contributed by atoms with Crippen LogP contribution in [0.4, 0.5) is 11.8 Å². The molecule has 1 saturated heterocycles. The van der Waals surface area contributed by atoms with Crippen molar-refractivity contribution in [2.45, 2.75) is 40.0 Å². The van der Waals surface area contributed by atoms with Gasteiger partial charge in [0.1, 0.15) is 11.6 Å². The van der Waals surface area contributed by atoms with E-state index in [1.54, 1.807) is 18.5 Å². The molecule has 0 saturated carbocycles. The summed E-state index contributed by atoms with van der Waals surface area (Å²) >= 11 is 0. The number of hydrogen-bond acceptors (Lipinski definition) is 6. The molecular formula is C18H26N6. The summed E-state index contributed by atoms with van der Waals surface area (Å²) in [5.41, 5.74) is 1.44. The predicted octanol–water partition coefficient (Wildman–Crippen LogP) is 3.15. The fourth-order valence-corrected chi connectivity index (χ4v) is 3.23. The zero-order valence-electron chi connectivity index (χ0n) is 15.0. The van der Waals surface area contributed by atoms with E-state index in [4.69, 9.17) is 0 Å². The van der Waals surface area contributed by atoms with Crippen LogP contribution in [0.1, 0.15) is 44.6 Å². The molecule has 6 heteroatoms. The lowest BCUT2D eigenvalue weighted by Gasteiger charge is -2.26. The largest absolute Gasteiger partial charge is 0.309 e. The highest BCUT2D eigenvalue weighted by Gasteiger charge is 2.28. The quantitative estimate of drug-likeness (QED) is 0.931. The lowest BCUT2D eigenvalue weighted by Crippen LogP contribution is -2.30. The van der Waals surface area contributed by atoms with Gasteiger partial charge in [-0.1, -0.05) is 20.8 Å². The second kappa shape index (κ2) is 6.81. The van der Waals surface area contributed by atoms with Crippen molar-refractivity contribution >= 4 is 11.8 Å². The normalized spacial score (nSPS) is 18.8. The molecule has 1 fully saturated rings. The third-order valence-electron chi connectivity index (χ3n) is 4.05. The average Bonchev–Trinajstić information content (AvgIpc) is 2.94. The highest BCUT2D eigenvalue weighted by atomic mass is 15.2. The van der Waals surface area contributed by atoms with Crippen LogP contribution in [0.3, 0.4) is 0 Å². The number of hydrogen-bond donors (Lipinski definition) is 1. The molecule has 0 aliphatic carbocycles. The van der Waals surface area contributed by atoms with Crippen LogP contribution >= 0.6 is 0 Å². The summed E-state index contributed by atoms with van der Waals surface area (Å²) in [7, 11) is 0. The highest BCUT2D eigenvalue weighted by Crippen LogP contribution is 2.29. The van der Waals surface area contributed by atoms with Gasteiger partial charge < -0.3 is 10.2 Å². The Labute approximate surface area is 143 Å². The Balaban J connectivity index is 1.72. The topological polar surface area (TPSA) is 66.8 Å². The van der Waals surface area contributed by atoms with Gasteiger partial charge in [-0.2, -0.15) is 0 Å². The highest BCUT2D eigenvalue weighted by molar-refractivity contribution is 5.48. The van der Waals surface area contributed by atoms with Gasteiger partial charge in [-0.3, -0.25) is 0 Å². The number of anilines is 2. The van der Waals surface area contributed by atoms with Crippen LogP contribution in [0.2, 0.25) is 0 Å². The van der Waals surface area contributed by atoms with E-state index < -0.39 is 0 Å². The van der Waals surface area contributed by atoms with Gasteiger partial charge in [0.2, 0.25) is 5.95 Å². The molecule has 0 spiro atoms. The molecule has 3 rings (SSSR count). The summed E-state index contributed by atoms with van der Waals surface area (Å²) in [6, 6.07) is 3.83. The van der Waals surface area contributed by atoms with E-state index in [-0.39, 0.29) is 0 Å². The molecule has 6 nitrogen and oxygen atoms in total. The van der Waals surface area contributed by atoms with Crippen LogP contribution in [0.5, 0.6) is 0 Å². The van der Waals surface area contributed by atoms with Gasteiger partial charge in [-0.25, -0.2) is 19.9 Å². The molecule has 24 heavy (non-hydrogen) atoms. The Morgan fingerprint density at radius 2 is 1.96 bits per heavy atom. The van der Waals surface area contributed by atoms with Crippen LogP contribution in [-0.2, 0) is 0 Å². The van der Waals surface area contributed by atoms with E-state index in [0.29, 0.717) is 17.3 Å². The molecule has 2 aromatic heterocycles. The molecule has 0 unspecified atom stereocenters. The summed E-state index contributed by atoms with van der Waals surface area (Å²) in [5.74, 6) is 2.56. The molecule has 1 N–H and O–H groups in total. The molecule has 1 atom stereocenters. The van der Waals surface area contributed by atoms with Crippen LogP contribution in [-0.4, -0.2) is 44.5 Å². The Morgan fingerprint density at radius 1 is 1.21 bits per heavy atom. The van der Waals surface area contributed by atoms with Crippen LogP contribution in [0.25, 0.3) is 0 Å². The molecule has 3 heterocycles. The van der Waals surface area contributed by atoms with Gasteiger partial charge in [0, 0.05) is 37.5 Å². The Hall–Kier alpha value is -2.08. The van der Waals surface area contributed by atoms with Crippen molar-refractivity contribution in [3.8, 4) is 0 Å². The molecule has 1 aliphatic rings. The first kappa shape index (κ1) is 16.8. The Kier molecular flexibility index (Phi) is 4.76. The first-order valence-corrected chi connectivity index (χ1v) is 8.51. The van der Waals surface area contributed by atoms with Gasteiger partial charge in [0.15, 0.2) is 0 Å². The molecule has 2 aromatic rings. The predicted molar refractivity (Wildman–Crippen MR) is 95.3 cm³/mol. The first-order chi connectivity index (χ1) is 11.4. The van der Waals surface area contributed by atoms with Gasteiger partial charge in [0.05, 0.1) is 5.69 Å². The summed E-state index contributed by atoms with van der Waals surface area (Å²) in [5, 5.41) is 3.17. The Bertz CT molecular complexity index is 680. The maximum absolute atomic E-state index is 4.67. The zero-order chi connectivity index (χ0) is 17.2. The lowest BCUT2D eigenvalue weighted by atomic mass is 9.96. The number of nitrogens with one attached hydrogen (secondary N) is 1. The number of likely N-dealkylation sites (tertiary alicyclic amines) is 1. The van der Waals surface area contributed by atoms with E-state index in [9.17, 15) is 0 Å². The minimum absolute atomic E-state index is 0.327. The lowest BCUT2D eigenvalue weighted by molar-refractivity contribution is 0.225. The number of rotatable bonds is 4. The fraction of sp³-hybridized carbons (Fsp3) is 0.556. The summed E-state index contributed by atoms with van der Waals surface area (Å²) < 4.78 is 0. The van der Waals surface area contributed by atoms with Gasteiger partial charge in [-0.15, -0.1) is 0 Å². The van der Waals surface area contributed by atoms with Crippen molar-refractivity contribution < 1.29 is 0 Å². The number of aryl methyl sites for hydroxylation is 1. The SMILES string of the molecule is Cc1nc(Nc2ncccn2)cc([C@H]2CCN(CC(C)(C)C)C2)n1. The van der Waals surface area contributed by atoms with Crippen molar-refractivity contribution in [2.24, 2.45) is 5.41 Å². The van der Waals surface area contributed by atoms with Crippen molar-refractivity contribution in [1.29, 1.82) is 0 Å². The second-order valence-electron chi connectivity index (χ2n) is 7.70. The molecule has 0 radical (unpaired) electrons. The minimum atomic E-state index is 0.327. The van der Waals surface area contributed by atoms with Crippen LogP contribution in [0.15, 0.2) is 24.5 Å². The zero-order valence-corrected chi connectivity index (χ0v) is 15.0. The molecular weight excluding hydrogens is 300 g/mol. The first-order valence-electron chi connectivity index (χ1n) is 8.51. The van der Waals surface area contributed by atoms with Gasteiger partial charge in [-0.05, 0) is 31.4 Å². The molecule has 0 bridgehead atoms. The molecule has 128 valence electrons.